The second-order valence-corrected chi connectivity index (χ2v) is 5.50. The maximum absolute atomic E-state index is 12.9. The number of halogens is 1. The number of ether oxygens (including phenoxy) is 1. The molecule has 1 aliphatic heterocycles. The molecule has 2 fully saturated rings. The van der Waals surface area contributed by atoms with Gasteiger partial charge in [-0.2, -0.15) is 0 Å². The van der Waals surface area contributed by atoms with Crippen LogP contribution in [0, 0.1) is 11.7 Å². The molecule has 2 aliphatic rings. The van der Waals surface area contributed by atoms with Crippen LogP contribution in [0.5, 0.6) is 0 Å². The molecule has 98 valence electrons. The summed E-state index contributed by atoms with van der Waals surface area (Å²) in [5.74, 6) is 0.358. The van der Waals surface area contributed by atoms with Gasteiger partial charge in [-0.3, -0.25) is 0 Å². The molecule has 1 aromatic carbocycles. The Hall–Kier alpha value is -0.930. The number of nitrogens with one attached hydrogen (secondary N) is 1. The topological polar surface area (TPSA) is 21.3 Å². The van der Waals surface area contributed by atoms with Gasteiger partial charge in [0.05, 0.1) is 6.61 Å². The molecule has 1 saturated heterocycles. The molecule has 1 N–H and O–H groups in total. The Morgan fingerprint density at radius 1 is 1.17 bits per heavy atom. The Balaban J connectivity index is 1.62. The van der Waals surface area contributed by atoms with Crippen LogP contribution in [0.25, 0.3) is 0 Å². The lowest BCUT2D eigenvalue weighted by atomic mass is 9.89. The average molecular weight is 249 g/mol. The molecule has 0 radical (unpaired) electrons. The predicted octanol–water partition coefficient (Wildman–Crippen LogP) is 2.53. The first-order valence-corrected chi connectivity index (χ1v) is 6.89. The zero-order chi connectivity index (χ0) is 12.4. The minimum absolute atomic E-state index is 0.161. The van der Waals surface area contributed by atoms with Crippen molar-refractivity contribution < 1.29 is 9.13 Å². The van der Waals surface area contributed by atoms with E-state index >= 15 is 0 Å². The van der Waals surface area contributed by atoms with Crippen molar-refractivity contribution in [3.8, 4) is 0 Å². The van der Waals surface area contributed by atoms with Gasteiger partial charge >= 0.3 is 0 Å². The minimum Gasteiger partial charge on any atom is -0.381 e. The van der Waals surface area contributed by atoms with Gasteiger partial charge in [0.2, 0.25) is 0 Å². The molecule has 18 heavy (non-hydrogen) atoms. The van der Waals surface area contributed by atoms with Crippen molar-refractivity contribution in [3.05, 3.63) is 35.6 Å². The summed E-state index contributed by atoms with van der Waals surface area (Å²) in [6.45, 7) is 1.69. The Labute approximate surface area is 108 Å². The smallest absolute Gasteiger partial charge is 0.123 e. The van der Waals surface area contributed by atoms with E-state index in [4.69, 9.17) is 4.74 Å². The van der Waals surface area contributed by atoms with E-state index in [2.05, 4.69) is 5.32 Å². The SMILES string of the molecule is Fc1ccc(C[C@H]2COCC[C@H]2NC2CC2)cc1. The van der Waals surface area contributed by atoms with E-state index in [1.54, 1.807) is 12.1 Å². The molecule has 3 heteroatoms. The normalized spacial score (nSPS) is 28.3. The number of hydrogen-bond donors (Lipinski definition) is 1. The molecule has 0 unspecified atom stereocenters. The highest BCUT2D eigenvalue weighted by molar-refractivity contribution is 5.17. The standard InChI is InChI=1S/C15H20FNO/c16-13-3-1-11(2-4-13)9-12-10-18-8-7-15(12)17-14-5-6-14/h1-4,12,14-15,17H,5-10H2/t12-,15+/m0/s1. The van der Waals surface area contributed by atoms with Gasteiger partial charge in [-0.15, -0.1) is 0 Å². The molecule has 0 aromatic heterocycles. The molecule has 2 nitrogen and oxygen atoms in total. The van der Waals surface area contributed by atoms with Crippen molar-refractivity contribution in [1.82, 2.24) is 5.32 Å². The lowest BCUT2D eigenvalue weighted by molar-refractivity contribution is 0.0316. The van der Waals surface area contributed by atoms with Crippen molar-refractivity contribution >= 4 is 0 Å². The summed E-state index contributed by atoms with van der Waals surface area (Å²) in [6, 6.07) is 8.17. The van der Waals surface area contributed by atoms with Gasteiger partial charge in [0, 0.05) is 24.6 Å². The van der Waals surface area contributed by atoms with Crippen molar-refractivity contribution in [2.24, 2.45) is 5.92 Å². The van der Waals surface area contributed by atoms with Crippen LogP contribution in [-0.2, 0) is 11.2 Å². The molecule has 1 aromatic rings. The lowest BCUT2D eigenvalue weighted by Crippen LogP contribution is -2.44. The van der Waals surface area contributed by atoms with E-state index in [0.29, 0.717) is 12.0 Å². The summed E-state index contributed by atoms with van der Waals surface area (Å²) >= 11 is 0. The summed E-state index contributed by atoms with van der Waals surface area (Å²) in [4.78, 5) is 0. The first-order valence-electron chi connectivity index (χ1n) is 6.89. The summed E-state index contributed by atoms with van der Waals surface area (Å²) in [7, 11) is 0. The number of hydrogen-bond acceptors (Lipinski definition) is 2. The Kier molecular flexibility index (Phi) is 3.62. The largest absolute Gasteiger partial charge is 0.381 e. The molecule has 1 saturated carbocycles. The fourth-order valence-electron chi connectivity index (χ4n) is 2.69. The first-order chi connectivity index (χ1) is 8.81. The van der Waals surface area contributed by atoms with E-state index in [-0.39, 0.29) is 5.82 Å². The van der Waals surface area contributed by atoms with E-state index in [0.717, 1.165) is 32.1 Å². The second kappa shape index (κ2) is 5.37. The third kappa shape index (κ3) is 3.09. The van der Waals surface area contributed by atoms with Gasteiger partial charge in [-0.1, -0.05) is 12.1 Å². The van der Waals surface area contributed by atoms with Crippen LogP contribution in [0.1, 0.15) is 24.8 Å². The highest BCUT2D eigenvalue weighted by atomic mass is 19.1. The van der Waals surface area contributed by atoms with Crippen LogP contribution < -0.4 is 5.32 Å². The van der Waals surface area contributed by atoms with E-state index in [9.17, 15) is 4.39 Å². The number of rotatable bonds is 4. The maximum Gasteiger partial charge on any atom is 0.123 e. The molecule has 3 rings (SSSR count). The third-order valence-corrected chi connectivity index (χ3v) is 3.91. The number of benzene rings is 1. The molecule has 1 aliphatic carbocycles. The molecular weight excluding hydrogens is 229 g/mol. The van der Waals surface area contributed by atoms with Crippen LogP contribution in [0.2, 0.25) is 0 Å². The summed E-state index contributed by atoms with van der Waals surface area (Å²) in [5, 5.41) is 3.72. The molecule has 2 atom stereocenters. The van der Waals surface area contributed by atoms with Gasteiger partial charge in [0.1, 0.15) is 5.82 Å². The maximum atomic E-state index is 12.9. The second-order valence-electron chi connectivity index (χ2n) is 5.50. The highest BCUT2D eigenvalue weighted by Gasteiger charge is 2.31. The molecule has 1 heterocycles. The van der Waals surface area contributed by atoms with Crippen LogP contribution in [-0.4, -0.2) is 25.3 Å². The van der Waals surface area contributed by atoms with Gasteiger partial charge in [-0.05, 0) is 43.4 Å². The van der Waals surface area contributed by atoms with Crippen molar-refractivity contribution in [2.45, 2.75) is 37.8 Å². The fourth-order valence-corrected chi connectivity index (χ4v) is 2.69. The third-order valence-electron chi connectivity index (χ3n) is 3.91. The Bertz CT molecular complexity index is 388. The molecule has 0 amide bonds. The fraction of sp³-hybridized carbons (Fsp3) is 0.600. The lowest BCUT2D eigenvalue weighted by Gasteiger charge is -2.32. The van der Waals surface area contributed by atoms with E-state index in [1.807, 2.05) is 12.1 Å². The van der Waals surface area contributed by atoms with Crippen LogP contribution in [0.3, 0.4) is 0 Å². The van der Waals surface area contributed by atoms with Crippen molar-refractivity contribution in [2.75, 3.05) is 13.2 Å². The monoisotopic (exact) mass is 249 g/mol. The zero-order valence-corrected chi connectivity index (χ0v) is 10.6. The van der Waals surface area contributed by atoms with Gasteiger partial charge in [0.15, 0.2) is 0 Å². The zero-order valence-electron chi connectivity index (χ0n) is 10.6. The first kappa shape index (κ1) is 12.1. The van der Waals surface area contributed by atoms with Crippen LogP contribution in [0.15, 0.2) is 24.3 Å². The van der Waals surface area contributed by atoms with E-state index < -0.39 is 0 Å². The molecular formula is C15H20FNO. The quantitative estimate of drug-likeness (QED) is 0.885. The van der Waals surface area contributed by atoms with Gasteiger partial charge in [0.25, 0.3) is 0 Å². The van der Waals surface area contributed by atoms with Crippen molar-refractivity contribution in [1.29, 1.82) is 0 Å². The average Bonchev–Trinajstić information content (AvgIpc) is 3.18. The Morgan fingerprint density at radius 2 is 1.94 bits per heavy atom. The summed E-state index contributed by atoms with van der Waals surface area (Å²) < 4.78 is 18.5. The van der Waals surface area contributed by atoms with Gasteiger partial charge in [-0.25, -0.2) is 4.39 Å². The van der Waals surface area contributed by atoms with E-state index in [1.165, 1.54) is 18.4 Å². The highest BCUT2D eigenvalue weighted by Crippen LogP contribution is 2.26. The summed E-state index contributed by atoms with van der Waals surface area (Å²) in [5.41, 5.74) is 1.20. The van der Waals surface area contributed by atoms with Crippen molar-refractivity contribution in [3.63, 3.8) is 0 Å². The van der Waals surface area contributed by atoms with Crippen LogP contribution >= 0.6 is 0 Å². The predicted molar refractivity (Wildman–Crippen MR) is 69.0 cm³/mol. The summed E-state index contributed by atoms with van der Waals surface area (Å²) in [6.07, 6.45) is 4.72. The molecule has 0 spiro atoms. The minimum atomic E-state index is -0.161. The Morgan fingerprint density at radius 3 is 2.67 bits per heavy atom. The van der Waals surface area contributed by atoms with Gasteiger partial charge < -0.3 is 10.1 Å². The molecule has 0 bridgehead atoms. The van der Waals surface area contributed by atoms with Crippen LogP contribution in [0.4, 0.5) is 4.39 Å².